The molecule has 1 heterocycles. The van der Waals surface area contributed by atoms with Crippen molar-refractivity contribution in [2.24, 2.45) is 11.7 Å². The Labute approximate surface area is 133 Å². The first-order valence-electron chi connectivity index (χ1n) is 7.71. The highest BCUT2D eigenvalue weighted by atomic mass is 19.2. The lowest BCUT2D eigenvalue weighted by Crippen LogP contribution is -2.47. The fraction of sp³-hybridized carbons (Fsp3) is 0.333. The van der Waals surface area contributed by atoms with Gasteiger partial charge in [0, 0.05) is 30.9 Å². The van der Waals surface area contributed by atoms with Gasteiger partial charge in [0.2, 0.25) is 0 Å². The van der Waals surface area contributed by atoms with E-state index in [4.69, 9.17) is 5.73 Å². The molecule has 5 heteroatoms. The smallest absolute Gasteiger partial charge is 0.160 e. The second-order valence-corrected chi connectivity index (χ2v) is 6.20. The van der Waals surface area contributed by atoms with E-state index in [-0.39, 0.29) is 17.8 Å². The zero-order valence-electron chi connectivity index (χ0n) is 12.7. The van der Waals surface area contributed by atoms with E-state index in [1.165, 1.54) is 18.2 Å². The number of piperidine rings is 1. The highest BCUT2D eigenvalue weighted by molar-refractivity contribution is 5.47. The molecule has 2 unspecified atom stereocenters. The molecule has 3 rings (SSSR count). The SMILES string of the molecule is NC1CC(Cc2cccc(F)c2)CN(c2ccc(F)c(F)c2)C1. The molecule has 23 heavy (non-hydrogen) atoms. The van der Waals surface area contributed by atoms with Crippen LogP contribution in [0.5, 0.6) is 0 Å². The third-order valence-electron chi connectivity index (χ3n) is 4.25. The van der Waals surface area contributed by atoms with Gasteiger partial charge in [-0.05, 0) is 48.6 Å². The number of anilines is 1. The number of rotatable bonds is 3. The van der Waals surface area contributed by atoms with Crippen molar-refractivity contribution in [3.8, 4) is 0 Å². The molecule has 0 amide bonds. The van der Waals surface area contributed by atoms with Crippen molar-refractivity contribution in [3.05, 3.63) is 65.5 Å². The van der Waals surface area contributed by atoms with Crippen LogP contribution < -0.4 is 10.6 Å². The van der Waals surface area contributed by atoms with E-state index >= 15 is 0 Å². The molecule has 2 aromatic carbocycles. The number of hydrogen-bond donors (Lipinski definition) is 1. The lowest BCUT2D eigenvalue weighted by molar-refractivity contribution is 0.374. The summed E-state index contributed by atoms with van der Waals surface area (Å²) in [5.41, 5.74) is 7.67. The van der Waals surface area contributed by atoms with Crippen molar-refractivity contribution in [2.45, 2.75) is 18.9 Å². The molecular formula is C18H19F3N2. The maximum atomic E-state index is 13.4. The van der Waals surface area contributed by atoms with Crippen LogP contribution in [0.3, 0.4) is 0 Å². The lowest BCUT2D eigenvalue weighted by Gasteiger charge is -2.38. The molecule has 1 aliphatic rings. The molecule has 0 saturated carbocycles. The normalized spacial score (nSPS) is 21.5. The molecule has 0 radical (unpaired) electrons. The monoisotopic (exact) mass is 320 g/mol. The number of nitrogens with two attached hydrogens (primary N) is 1. The molecule has 1 fully saturated rings. The molecule has 1 aliphatic heterocycles. The van der Waals surface area contributed by atoms with E-state index in [0.717, 1.165) is 18.1 Å². The average molecular weight is 320 g/mol. The predicted octanol–water partition coefficient (Wildman–Crippen LogP) is 3.50. The fourth-order valence-corrected chi connectivity index (χ4v) is 3.28. The number of halogens is 3. The zero-order valence-corrected chi connectivity index (χ0v) is 12.7. The maximum absolute atomic E-state index is 13.4. The van der Waals surface area contributed by atoms with Gasteiger partial charge < -0.3 is 10.6 Å². The van der Waals surface area contributed by atoms with E-state index in [9.17, 15) is 13.2 Å². The Morgan fingerprint density at radius 1 is 1.00 bits per heavy atom. The van der Waals surface area contributed by atoms with E-state index in [1.54, 1.807) is 12.1 Å². The van der Waals surface area contributed by atoms with Gasteiger partial charge >= 0.3 is 0 Å². The molecule has 2 N–H and O–H groups in total. The summed E-state index contributed by atoms with van der Waals surface area (Å²) in [5.74, 6) is -1.72. The topological polar surface area (TPSA) is 29.3 Å². The summed E-state index contributed by atoms with van der Waals surface area (Å²) < 4.78 is 39.8. The molecule has 0 aliphatic carbocycles. The van der Waals surface area contributed by atoms with Gasteiger partial charge in [0.1, 0.15) is 5.82 Å². The van der Waals surface area contributed by atoms with Crippen LogP contribution in [0.4, 0.5) is 18.9 Å². The summed E-state index contributed by atoms with van der Waals surface area (Å²) in [7, 11) is 0. The molecular weight excluding hydrogens is 301 g/mol. The van der Waals surface area contributed by atoms with Crippen LogP contribution in [-0.4, -0.2) is 19.1 Å². The van der Waals surface area contributed by atoms with Gasteiger partial charge in [-0.2, -0.15) is 0 Å². The summed E-state index contributed by atoms with van der Waals surface area (Å²) >= 11 is 0. The summed E-state index contributed by atoms with van der Waals surface area (Å²) in [5, 5.41) is 0. The molecule has 0 aromatic heterocycles. The Bertz CT molecular complexity index is 690. The Hall–Kier alpha value is -2.01. The van der Waals surface area contributed by atoms with Crippen molar-refractivity contribution in [1.82, 2.24) is 0 Å². The van der Waals surface area contributed by atoms with Gasteiger partial charge in [-0.25, -0.2) is 13.2 Å². The van der Waals surface area contributed by atoms with Crippen LogP contribution in [0, 0.1) is 23.4 Å². The van der Waals surface area contributed by atoms with Gasteiger partial charge in [-0.15, -0.1) is 0 Å². The van der Waals surface area contributed by atoms with Crippen molar-refractivity contribution < 1.29 is 13.2 Å². The van der Waals surface area contributed by atoms with Crippen molar-refractivity contribution >= 4 is 5.69 Å². The fourth-order valence-electron chi connectivity index (χ4n) is 3.28. The highest BCUT2D eigenvalue weighted by Crippen LogP contribution is 2.26. The van der Waals surface area contributed by atoms with E-state index in [0.29, 0.717) is 25.2 Å². The van der Waals surface area contributed by atoms with Gasteiger partial charge in [-0.1, -0.05) is 12.1 Å². The quantitative estimate of drug-likeness (QED) is 0.938. The molecule has 2 atom stereocenters. The predicted molar refractivity (Wildman–Crippen MR) is 84.8 cm³/mol. The summed E-state index contributed by atoms with van der Waals surface area (Å²) in [4.78, 5) is 1.97. The summed E-state index contributed by atoms with van der Waals surface area (Å²) in [6.45, 7) is 1.29. The van der Waals surface area contributed by atoms with E-state index in [1.807, 2.05) is 11.0 Å². The Kier molecular flexibility index (Phi) is 4.57. The number of nitrogens with zero attached hydrogens (tertiary/aromatic N) is 1. The first-order chi connectivity index (χ1) is 11.0. The van der Waals surface area contributed by atoms with Crippen molar-refractivity contribution in [2.75, 3.05) is 18.0 Å². The zero-order chi connectivity index (χ0) is 16.4. The second-order valence-electron chi connectivity index (χ2n) is 6.20. The van der Waals surface area contributed by atoms with Crippen LogP contribution in [-0.2, 0) is 6.42 Å². The third kappa shape index (κ3) is 3.85. The Morgan fingerprint density at radius 2 is 1.83 bits per heavy atom. The first kappa shape index (κ1) is 15.9. The molecule has 2 nitrogen and oxygen atoms in total. The second kappa shape index (κ2) is 6.62. The van der Waals surface area contributed by atoms with Gasteiger partial charge in [0.05, 0.1) is 0 Å². The van der Waals surface area contributed by atoms with Crippen molar-refractivity contribution in [1.29, 1.82) is 0 Å². The minimum Gasteiger partial charge on any atom is -0.370 e. The minimum absolute atomic E-state index is 0.0459. The van der Waals surface area contributed by atoms with Crippen LogP contribution in [0.25, 0.3) is 0 Å². The standard InChI is InChI=1S/C18H19F3N2/c19-14-3-1-2-12(7-14)6-13-8-15(22)11-23(10-13)16-4-5-17(20)18(21)9-16/h1-5,7,9,13,15H,6,8,10-11,22H2. The Balaban J connectivity index is 1.74. The average Bonchev–Trinajstić information content (AvgIpc) is 2.49. The first-order valence-corrected chi connectivity index (χ1v) is 7.71. The van der Waals surface area contributed by atoms with Gasteiger partial charge in [0.15, 0.2) is 11.6 Å². The number of benzene rings is 2. The molecule has 0 bridgehead atoms. The van der Waals surface area contributed by atoms with Gasteiger partial charge in [0.25, 0.3) is 0 Å². The molecule has 2 aromatic rings. The van der Waals surface area contributed by atoms with Crippen LogP contribution in [0.15, 0.2) is 42.5 Å². The van der Waals surface area contributed by atoms with Crippen LogP contribution in [0.2, 0.25) is 0 Å². The number of hydrogen-bond acceptors (Lipinski definition) is 2. The van der Waals surface area contributed by atoms with E-state index < -0.39 is 11.6 Å². The van der Waals surface area contributed by atoms with E-state index in [2.05, 4.69) is 0 Å². The molecule has 122 valence electrons. The van der Waals surface area contributed by atoms with Crippen LogP contribution >= 0.6 is 0 Å². The van der Waals surface area contributed by atoms with Crippen LogP contribution in [0.1, 0.15) is 12.0 Å². The highest BCUT2D eigenvalue weighted by Gasteiger charge is 2.26. The maximum Gasteiger partial charge on any atom is 0.160 e. The summed E-state index contributed by atoms with van der Waals surface area (Å²) in [6.07, 6.45) is 1.54. The van der Waals surface area contributed by atoms with Crippen molar-refractivity contribution in [3.63, 3.8) is 0 Å². The third-order valence-corrected chi connectivity index (χ3v) is 4.25. The lowest BCUT2D eigenvalue weighted by atomic mass is 9.88. The Morgan fingerprint density at radius 3 is 2.57 bits per heavy atom. The largest absolute Gasteiger partial charge is 0.370 e. The molecule has 0 spiro atoms. The van der Waals surface area contributed by atoms with Gasteiger partial charge in [-0.3, -0.25) is 0 Å². The molecule has 1 saturated heterocycles. The summed E-state index contributed by atoms with van der Waals surface area (Å²) in [6, 6.07) is 10.4. The minimum atomic E-state index is -0.858.